The predicted octanol–water partition coefficient (Wildman–Crippen LogP) is 2.63. The van der Waals surface area contributed by atoms with E-state index < -0.39 is 15.7 Å². The van der Waals surface area contributed by atoms with Gasteiger partial charge in [-0.1, -0.05) is 23.7 Å². The first-order valence-corrected chi connectivity index (χ1v) is 8.99. The van der Waals surface area contributed by atoms with Crippen LogP contribution in [0, 0.1) is 11.3 Å². The Morgan fingerprint density at radius 3 is 2.67 bits per heavy atom. The van der Waals surface area contributed by atoms with Gasteiger partial charge in [0, 0.05) is 6.26 Å². The van der Waals surface area contributed by atoms with Crippen LogP contribution in [0.3, 0.4) is 0 Å². The lowest BCUT2D eigenvalue weighted by Gasteiger charge is -2.10. The van der Waals surface area contributed by atoms with E-state index in [1.807, 2.05) is 6.07 Å². The monoisotopic (exact) mass is 364 g/mol. The Morgan fingerprint density at radius 1 is 1.29 bits per heavy atom. The first-order chi connectivity index (χ1) is 11.3. The number of nitrogens with zero attached hydrogens (tertiary/aromatic N) is 1. The molecule has 2 aromatic rings. The van der Waals surface area contributed by atoms with E-state index in [4.69, 9.17) is 21.6 Å². The summed E-state index contributed by atoms with van der Waals surface area (Å²) >= 11 is 5.96. The Balaban J connectivity index is 2.09. The average Bonchev–Trinajstić information content (AvgIpc) is 2.54. The first kappa shape index (κ1) is 17.8. The zero-order chi connectivity index (χ0) is 17.7. The van der Waals surface area contributed by atoms with E-state index in [0.717, 1.165) is 6.26 Å². The van der Waals surface area contributed by atoms with E-state index in [9.17, 15) is 13.2 Å². The van der Waals surface area contributed by atoms with Crippen molar-refractivity contribution in [3.8, 4) is 11.8 Å². The van der Waals surface area contributed by atoms with Crippen molar-refractivity contribution in [3.05, 3.63) is 53.1 Å². The number of sulfone groups is 1. The van der Waals surface area contributed by atoms with Crippen molar-refractivity contribution < 1.29 is 17.9 Å². The molecule has 1 amide bonds. The maximum absolute atomic E-state index is 12.0. The largest absolute Gasteiger partial charge is 0.482 e. The molecule has 124 valence electrons. The van der Waals surface area contributed by atoms with Crippen molar-refractivity contribution in [3.63, 3.8) is 0 Å². The zero-order valence-electron chi connectivity index (χ0n) is 12.6. The summed E-state index contributed by atoms with van der Waals surface area (Å²) in [5.74, 6) is -0.249. The molecule has 0 aliphatic rings. The quantitative estimate of drug-likeness (QED) is 0.879. The summed E-state index contributed by atoms with van der Waals surface area (Å²) < 4.78 is 28.4. The van der Waals surface area contributed by atoms with Gasteiger partial charge in [-0.15, -0.1) is 0 Å². The van der Waals surface area contributed by atoms with Crippen molar-refractivity contribution >= 4 is 33.0 Å². The minimum absolute atomic E-state index is 0.0398. The van der Waals surface area contributed by atoms with Gasteiger partial charge < -0.3 is 10.1 Å². The van der Waals surface area contributed by atoms with Gasteiger partial charge >= 0.3 is 0 Å². The number of carbonyl (C=O) groups excluding carboxylic acids is 1. The third kappa shape index (κ3) is 4.47. The molecule has 0 radical (unpaired) electrons. The van der Waals surface area contributed by atoms with Crippen LogP contribution in [0.5, 0.6) is 5.75 Å². The summed E-state index contributed by atoms with van der Waals surface area (Å²) in [5.41, 5.74) is 0.476. The van der Waals surface area contributed by atoms with Gasteiger partial charge in [-0.05, 0) is 30.3 Å². The maximum Gasteiger partial charge on any atom is 0.262 e. The van der Waals surface area contributed by atoms with Gasteiger partial charge in [-0.25, -0.2) is 8.42 Å². The molecule has 0 atom stereocenters. The number of carbonyl (C=O) groups is 1. The molecule has 0 aromatic heterocycles. The number of halogens is 1. The molecule has 6 nitrogen and oxygen atoms in total. The number of rotatable bonds is 5. The van der Waals surface area contributed by atoms with Gasteiger partial charge in [0.15, 0.2) is 16.4 Å². The van der Waals surface area contributed by atoms with E-state index in [1.165, 1.54) is 18.2 Å². The molecule has 2 aromatic carbocycles. The number of amides is 1. The highest BCUT2D eigenvalue weighted by Gasteiger charge is 2.13. The molecule has 8 heteroatoms. The highest BCUT2D eigenvalue weighted by molar-refractivity contribution is 7.90. The summed E-state index contributed by atoms with van der Waals surface area (Å²) in [6.07, 6.45) is 1.06. The molecule has 2 rings (SSSR count). The number of nitrogens with one attached hydrogen (secondary N) is 1. The van der Waals surface area contributed by atoms with Crippen LogP contribution in [0.1, 0.15) is 5.56 Å². The molecule has 0 spiro atoms. The fraction of sp³-hybridized carbons (Fsp3) is 0.125. The summed E-state index contributed by atoms with van der Waals surface area (Å²) in [6.45, 7) is -0.349. The van der Waals surface area contributed by atoms with Crippen LogP contribution in [0.25, 0.3) is 0 Å². The lowest BCUT2D eigenvalue weighted by atomic mass is 10.2. The molecule has 24 heavy (non-hydrogen) atoms. The van der Waals surface area contributed by atoms with E-state index >= 15 is 0 Å². The summed E-state index contributed by atoms with van der Waals surface area (Å²) in [6, 6.07) is 12.5. The maximum atomic E-state index is 12.0. The fourth-order valence-electron chi connectivity index (χ4n) is 1.85. The predicted molar refractivity (Wildman–Crippen MR) is 89.8 cm³/mol. The van der Waals surface area contributed by atoms with Gasteiger partial charge in [0.2, 0.25) is 0 Å². The Labute approximate surface area is 144 Å². The number of hydrogen-bond acceptors (Lipinski definition) is 5. The number of para-hydroxylation sites is 1. The Morgan fingerprint density at radius 2 is 2.00 bits per heavy atom. The molecular weight excluding hydrogens is 352 g/mol. The third-order valence-corrected chi connectivity index (χ3v) is 4.45. The standard InChI is InChI=1S/C16H13ClN2O4S/c1-24(21,22)12-6-7-13(17)14(8-12)19-16(20)10-23-15-5-3-2-4-11(15)9-18/h2-8H,10H2,1H3,(H,19,20). The van der Waals surface area contributed by atoms with Crippen LogP contribution in [0.15, 0.2) is 47.4 Å². The number of benzene rings is 2. The number of hydrogen-bond donors (Lipinski definition) is 1. The molecule has 1 N–H and O–H groups in total. The number of nitriles is 1. The van der Waals surface area contributed by atoms with E-state index in [1.54, 1.807) is 24.3 Å². The minimum atomic E-state index is -3.42. The summed E-state index contributed by atoms with van der Waals surface area (Å²) in [7, 11) is -3.42. The normalized spacial score (nSPS) is 10.7. The van der Waals surface area contributed by atoms with Gasteiger partial charge in [0.25, 0.3) is 5.91 Å². The second kappa shape index (κ2) is 7.34. The SMILES string of the molecule is CS(=O)(=O)c1ccc(Cl)c(NC(=O)COc2ccccc2C#N)c1. The fourth-order valence-corrected chi connectivity index (χ4v) is 2.66. The van der Waals surface area contributed by atoms with Crippen molar-refractivity contribution in [1.82, 2.24) is 0 Å². The van der Waals surface area contributed by atoms with Crippen molar-refractivity contribution in [2.75, 3.05) is 18.2 Å². The summed E-state index contributed by atoms with van der Waals surface area (Å²) in [5, 5.41) is 11.6. The van der Waals surface area contributed by atoms with Gasteiger partial charge in [0.05, 0.1) is 21.2 Å². The van der Waals surface area contributed by atoms with E-state index in [-0.39, 0.29) is 28.0 Å². The average molecular weight is 365 g/mol. The molecule has 0 bridgehead atoms. The molecule has 0 saturated carbocycles. The number of ether oxygens (including phenoxy) is 1. The van der Waals surface area contributed by atoms with Gasteiger partial charge in [-0.2, -0.15) is 5.26 Å². The molecular formula is C16H13ClN2O4S. The second-order valence-electron chi connectivity index (χ2n) is 4.86. The Bertz CT molecular complexity index is 920. The van der Waals surface area contributed by atoms with Crippen LogP contribution < -0.4 is 10.1 Å². The lowest BCUT2D eigenvalue weighted by molar-refractivity contribution is -0.118. The Kier molecular flexibility index (Phi) is 5.44. The van der Waals surface area contributed by atoms with E-state index in [0.29, 0.717) is 5.56 Å². The molecule has 0 fully saturated rings. The van der Waals surface area contributed by atoms with Crippen LogP contribution in [0.2, 0.25) is 5.02 Å². The molecule has 0 unspecified atom stereocenters. The topological polar surface area (TPSA) is 96.3 Å². The van der Waals surface area contributed by atoms with Crippen LogP contribution in [-0.2, 0) is 14.6 Å². The smallest absolute Gasteiger partial charge is 0.262 e. The lowest BCUT2D eigenvalue weighted by Crippen LogP contribution is -2.20. The Hall–Kier alpha value is -2.56. The van der Waals surface area contributed by atoms with Crippen LogP contribution >= 0.6 is 11.6 Å². The summed E-state index contributed by atoms with van der Waals surface area (Å²) in [4.78, 5) is 12.0. The van der Waals surface area contributed by atoms with Gasteiger partial charge in [0.1, 0.15) is 11.8 Å². The van der Waals surface area contributed by atoms with Crippen molar-refractivity contribution in [1.29, 1.82) is 5.26 Å². The van der Waals surface area contributed by atoms with Gasteiger partial charge in [-0.3, -0.25) is 4.79 Å². The molecule has 0 saturated heterocycles. The van der Waals surface area contributed by atoms with Crippen LogP contribution in [-0.4, -0.2) is 27.2 Å². The minimum Gasteiger partial charge on any atom is -0.482 e. The van der Waals surface area contributed by atoms with E-state index in [2.05, 4.69) is 5.32 Å². The highest BCUT2D eigenvalue weighted by atomic mass is 35.5. The molecule has 0 aliphatic carbocycles. The molecule has 0 heterocycles. The molecule has 0 aliphatic heterocycles. The zero-order valence-corrected chi connectivity index (χ0v) is 14.2. The third-order valence-electron chi connectivity index (χ3n) is 3.01. The van der Waals surface area contributed by atoms with Crippen molar-refractivity contribution in [2.24, 2.45) is 0 Å². The van der Waals surface area contributed by atoms with Crippen LogP contribution in [0.4, 0.5) is 5.69 Å². The number of anilines is 1. The second-order valence-corrected chi connectivity index (χ2v) is 7.28. The highest BCUT2D eigenvalue weighted by Crippen LogP contribution is 2.25. The van der Waals surface area contributed by atoms with Crippen molar-refractivity contribution in [2.45, 2.75) is 4.90 Å². The first-order valence-electron chi connectivity index (χ1n) is 6.72.